The number of hydrogen-bond acceptors (Lipinski definition) is 10. The third-order valence-corrected chi connectivity index (χ3v) is 24.1. The lowest BCUT2D eigenvalue weighted by Crippen LogP contribution is -2.78. The number of benzene rings is 1. The molecule has 1 unspecified atom stereocenters. The molecule has 4 aliphatic rings. The Kier molecular flexibility index (Phi) is 12.6. The van der Waals surface area contributed by atoms with Gasteiger partial charge in [0.2, 0.25) is 0 Å². The van der Waals surface area contributed by atoms with E-state index in [0.717, 1.165) is 41.8 Å². The molecule has 12 heteroatoms. The minimum atomic E-state index is -2.37. The predicted molar refractivity (Wildman–Crippen MR) is 215 cm³/mol. The second-order valence-corrected chi connectivity index (χ2v) is 26.8. The lowest BCUT2D eigenvalue weighted by molar-refractivity contribution is -0.326. The quantitative estimate of drug-likeness (QED) is 0.0782. The zero-order valence-electron chi connectivity index (χ0n) is 35.4. The monoisotopic (exact) mass is 798 g/mol. The molecule has 1 heterocycles. The smallest absolute Gasteiger partial charge is 0.338 e. The maximum Gasteiger partial charge on any atom is 0.338 e. The van der Waals surface area contributed by atoms with E-state index in [9.17, 15) is 14.4 Å². The van der Waals surface area contributed by atoms with E-state index in [-0.39, 0.29) is 18.8 Å². The summed E-state index contributed by atoms with van der Waals surface area (Å²) in [6, 6.07) is 14.1. The Balaban J connectivity index is 1.87. The van der Waals surface area contributed by atoms with Gasteiger partial charge in [-0.1, -0.05) is 73.6 Å². The molecular weight excluding hydrogens is 733 g/mol. The van der Waals surface area contributed by atoms with Crippen molar-refractivity contribution >= 4 is 40.3 Å². The minimum Gasteiger partial charge on any atom is -0.454 e. The molecule has 8 atom stereocenters. The normalized spacial score (nSPS) is 32.9. The summed E-state index contributed by atoms with van der Waals surface area (Å²) in [6.07, 6.45) is -2.25. The molecule has 3 aliphatic carbocycles. The molecule has 0 amide bonds. The fourth-order valence-corrected chi connectivity index (χ4v) is 16.5. The number of esters is 3. The fourth-order valence-electron chi connectivity index (χ4n) is 10.7. The molecule has 3 fully saturated rings. The van der Waals surface area contributed by atoms with Gasteiger partial charge in [-0.3, -0.25) is 14.4 Å². The number of hydrogen-bond donors (Lipinski definition) is 0. The Morgan fingerprint density at radius 2 is 1.36 bits per heavy atom. The van der Waals surface area contributed by atoms with E-state index >= 15 is 4.79 Å². The number of carbonyl (C=O) groups is 4. The van der Waals surface area contributed by atoms with Crippen LogP contribution in [0.3, 0.4) is 0 Å². The molecule has 2 bridgehead atoms. The van der Waals surface area contributed by atoms with Gasteiger partial charge in [0.1, 0.15) is 11.7 Å². The van der Waals surface area contributed by atoms with Crippen molar-refractivity contribution in [3.8, 4) is 0 Å². The SMILES string of the molecule is CC[Si](CC)(CC)O[C@H]1C[C@@]2(OC(=O)c3ccccc3)CC3[C@](C)(C(=O)[C@H](OC(C)=O)C(=C1C)C2(C)C)[C@@H](O[Si](CC)(CC)CC)C[C@H]1OC[C@@]31OC(C)=O. The number of carbonyl (C=O) groups excluding carboxylic acids is 4. The van der Waals surface area contributed by atoms with Crippen molar-refractivity contribution in [2.24, 2.45) is 16.7 Å². The molecule has 306 valence electrons. The van der Waals surface area contributed by atoms with Crippen molar-refractivity contribution in [2.45, 2.75) is 174 Å². The summed E-state index contributed by atoms with van der Waals surface area (Å²) < 4.78 is 40.7. The standard InChI is InChI=1S/C43H66O10Si2/c1-13-54(14-2,15-3)52-32-25-42(51-39(47)31-22-20-19-21-23-31)26-33-41(12,38(46)37(49-29(8)44)36(28(32)7)40(42,10)11)34(53-55(16-4,17-5)18-6)24-35-43(33,27-48-35)50-30(9)45/h19-23,32-35,37H,13-18,24-27H2,1-12H3/t32-,33?,34-,35+,37+,41-,42+,43+/m0/s1. The van der Waals surface area contributed by atoms with E-state index in [1.165, 1.54) is 13.8 Å². The number of rotatable bonds is 14. The zero-order chi connectivity index (χ0) is 40.8. The summed E-state index contributed by atoms with van der Waals surface area (Å²) in [7, 11) is -4.67. The first-order valence-corrected chi connectivity index (χ1v) is 25.8. The first-order valence-electron chi connectivity index (χ1n) is 20.7. The molecule has 0 N–H and O–H groups in total. The van der Waals surface area contributed by atoms with E-state index in [4.69, 9.17) is 27.8 Å². The molecule has 0 aromatic heterocycles. The van der Waals surface area contributed by atoms with Gasteiger partial charge in [-0.25, -0.2) is 4.79 Å². The van der Waals surface area contributed by atoms with Crippen LogP contribution >= 0.6 is 0 Å². The third-order valence-electron chi connectivity index (χ3n) is 14.8. The Morgan fingerprint density at radius 3 is 1.85 bits per heavy atom. The van der Waals surface area contributed by atoms with Crippen LogP contribution in [-0.4, -0.2) is 82.6 Å². The van der Waals surface area contributed by atoms with E-state index in [1.807, 2.05) is 33.8 Å². The van der Waals surface area contributed by atoms with Gasteiger partial charge in [-0.15, -0.1) is 0 Å². The molecule has 0 spiro atoms. The fraction of sp³-hybridized carbons (Fsp3) is 0.721. The number of fused-ring (bicyclic) bond motifs is 5. The summed E-state index contributed by atoms with van der Waals surface area (Å²) in [5.41, 5.74) is -3.10. The van der Waals surface area contributed by atoms with Gasteiger partial charge >= 0.3 is 17.9 Å². The van der Waals surface area contributed by atoms with Crippen molar-refractivity contribution in [1.82, 2.24) is 0 Å². The molecule has 1 saturated heterocycles. The molecule has 2 saturated carbocycles. The van der Waals surface area contributed by atoms with Crippen molar-refractivity contribution in [3.05, 3.63) is 47.0 Å². The van der Waals surface area contributed by atoms with Crippen molar-refractivity contribution < 1.29 is 47.0 Å². The summed E-state index contributed by atoms with van der Waals surface area (Å²) in [4.78, 5) is 56.9. The van der Waals surface area contributed by atoms with E-state index < -0.39 is 86.9 Å². The highest BCUT2D eigenvalue weighted by atomic mass is 28.4. The summed E-state index contributed by atoms with van der Waals surface area (Å²) in [5, 5.41) is 0. The lowest BCUT2D eigenvalue weighted by Gasteiger charge is -2.67. The number of ketones is 1. The maximum absolute atomic E-state index is 16.0. The first kappa shape index (κ1) is 43.5. The van der Waals surface area contributed by atoms with Gasteiger partial charge in [-0.2, -0.15) is 0 Å². The van der Waals surface area contributed by atoms with Gasteiger partial charge in [0.05, 0.1) is 29.8 Å². The van der Waals surface area contributed by atoms with Crippen LogP contribution in [0.1, 0.15) is 113 Å². The Bertz CT molecular complexity index is 1630. The van der Waals surface area contributed by atoms with Crippen LogP contribution in [0, 0.1) is 16.7 Å². The second kappa shape index (κ2) is 15.9. The van der Waals surface area contributed by atoms with Crippen LogP contribution in [0.15, 0.2) is 41.5 Å². The molecule has 55 heavy (non-hydrogen) atoms. The summed E-state index contributed by atoms with van der Waals surface area (Å²) in [6.45, 7) is 23.6. The highest BCUT2D eigenvalue weighted by Gasteiger charge is 2.75. The largest absolute Gasteiger partial charge is 0.454 e. The highest BCUT2D eigenvalue weighted by Crippen LogP contribution is 2.65. The van der Waals surface area contributed by atoms with E-state index in [1.54, 1.807) is 24.3 Å². The molecule has 0 radical (unpaired) electrons. The average Bonchev–Trinajstić information content (AvgIpc) is 3.15. The molecule has 1 aromatic carbocycles. The average molecular weight is 799 g/mol. The number of ether oxygens (including phenoxy) is 4. The van der Waals surface area contributed by atoms with Crippen LogP contribution in [-0.2, 0) is 42.2 Å². The molecule has 5 rings (SSSR count). The lowest BCUT2D eigenvalue weighted by atomic mass is 9.45. The van der Waals surface area contributed by atoms with Crippen molar-refractivity contribution in [1.29, 1.82) is 0 Å². The van der Waals surface area contributed by atoms with Crippen LogP contribution < -0.4 is 0 Å². The highest BCUT2D eigenvalue weighted by molar-refractivity contribution is 6.74. The Hall–Kier alpha value is -2.65. The van der Waals surface area contributed by atoms with E-state index in [2.05, 4.69) is 41.5 Å². The van der Waals surface area contributed by atoms with Crippen LogP contribution in [0.4, 0.5) is 0 Å². The van der Waals surface area contributed by atoms with Gasteiger partial charge in [0.25, 0.3) is 0 Å². The van der Waals surface area contributed by atoms with Gasteiger partial charge in [0.15, 0.2) is 34.1 Å². The predicted octanol–water partition coefficient (Wildman–Crippen LogP) is 8.74. The number of Topliss-reactive ketones (excluding diaryl/α,β-unsaturated/α-hetero) is 1. The van der Waals surface area contributed by atoms with Gasteiger partial charge < -0.3 is 27.8 Å². The first-order chi connectivity index (χ1) is 25.8. The topological polar surface area (TPSA) is 124 Å². The Morgan fingerprint density at radius 1 is 0.800 bits per heavy atom. The maximum atomic E-state index is 16.0. The molecule has 1 aromatic rings. The molecule has 1 aliphatic heterocycles. The Labute approximate surface area is 331 Å². The zero-order valence-corrected chi connectivity index (χ0v) is 37.4. The molecular formula is C43H66O10Si2. The molecule has 10 nitrogen and oxygen atoms in total. The van der Waals surface area contributed by atoms with Crippen LogP contribution in [0.5, 0.6) is 0 Å². The van der Waals surface area contributed by atoms with Gasteiger partial charge in [0, 0.05) is 38.0 Å². The van der Waals surface area contributed by atoms with Gasteiger partial charge in [-0.05, 0) is 79.8 Å². The van der Waals surface area contributed by atoms with Crippen LogP contribution in [0.2, 0.25) is 36.3 Å². The van der Waals surface area contributed by atoms with Crippen LogP contribution in [0.25, 0.3) is 0 Å². The summed E-state index contributed by atoms with van der Waals surface area (Å²) in [5.74, 6) is -2.62. The van der Waals surface area contributed by atoms with E-state index in [0.29, 0.717) is 24.0 Å². The van der Waals surface area contributed by atoms with Crippen molar-refractivity contribution in [2.75, 3.05) is 6.61 Å². The minimum absolute atomic E-state index is 0.0793. The second-order valence-electron chi connectivity index (χ2n) is 17.4. The third kappa shape index (κ3) is 7.14. The van der Waals surface area contributed by atoms with Crippen molar-refractivity contribution in [3.63, 3.8) is 0 Å². The summed E-state index contributed by atoms with van der Waals surface area (Å²) >= 11 is 0.